The Hall–Kier alpha value is -2.10. The zero-order valence-electron chi connectivity index (χ0n) is 15.9. The van der Waals surface area contributed by atoms with Crippen LogP contribution in [0.3, 0.4) is 0 Å². The number of aryl methyl sites for hydroxylation is 1. The van der Waals surface area contributed by atoms with Crippen LogP contribution in [0.25, 0.3) is 5.69 Å². The third-order valence-electron chi connectivity index (χ3n) is 6.32. The summed E-state index contributed by atoms with van der Waals surface area (Å²) in [6.07, 6.45) is 3.36. The summed E-state index contributed by atoms with van der Waals surface area (Å²) < 4.78 is 2.03. The van der Waals surface area contributed by atoms with Gasteiger partial charge in [-0.2, -0.15) is 5.10 Å². The third kappa shape index (κ3) is 2.81. The molecule has 0 N–H and O–H groups in total. The quantitative estimate of drug-likeness (QED) is 0.647. The molecule has 0 saturated carbocycles. The van der Waals surface area contributed by atoms with Gasteiger partial charge < -0.3 is 0 Å². The Bertz CT molecular complexity index is 1020. The summed E-state index contributed by atoms with van der Waals surface area (Å²) in [7, 11) is 0. The molecule has 0 saturated heterocycles. The third-order valence-corrected chi connectivity index (χ3v) is 6.64. The van der Waals surface area contributed by atoms with Crippen molar-refractivity contribution in [2.24, 2.45) is 0 Å². The molecule has 3 aromatic rings. The van der Waals surface area contributed by atoms with Crippen LogP contribution in [0.1, 0.15) is 33.6 Å². The molecule has 1 atom stereocenters. The van der Waals surface area contributed by atoms with Crippen LogP contribution in [0.2, 0.25) is 5.02 Å². The first-order valence-electron chi connectivity index (χ1n) is 9.75. The fraction of sp³-hybridized carbons (Fsp3) is 0.348. The van der Waals surface area contributed by atoms with E-state index in [9.17, 15) is 0 Å². The molecule has 0 spiro atoms. The SMILES string of the molecule is Cc1cccc2c1CC(N1CCc3nn(-c4ccccc4Cl)c(C)c3C1)C2. The molecule has 1 unspecified atom stereocenters. The number of hydrogen-bond acceptors (Lipinski definition) is 2. The first-order valence-corrected chi connectivity index (χ1v) is 10.1. The van der Waals surface area contributed by atoms with Gasteiger partial charge in [0.1, 0.15) is 0 Å². The number of hydrogen-bond donors (Lipinski definition) is 0. The van der Waals surface area contributed by atoms with Crippen molar-refractivity contribution in [2.45, 2.75) is 45.7 Å². The minimum Gasteiger partial charge on any atom is -0.295 e. The largest absolute Gasteiger partial charge is 0.295 e. The van der Waals surface area contributed by atoms with Gasteiger partial charge >= 0.3 is 0 Å². The molecule has 1 aliphatic carbocycles. The summed E-state index contributed by atoms with van der Waals surface area (Å²) in [4.78, 5) is 2.66. The van der Waals surface area contributed by atoms with Gasteiger partial charge in [0.15, 0.2) is 0 Å². The highest BCUT2D eigenvalue weighted by molar-refractivity contribution is 6.32. The highest BCUT2D eigenvalue weighted by Gasteiger charge is 2.32. The Morgan fingerprint density at radius 2 is 1.85 bits per heavy atom. The lowest BCUT2D eigenvalue weighted by atomic mass is 10.0. The zero-order valence-corrected chi connectivity index (χ0v) is 16.6. The van der Waals surface area contributed by atoms with Gasteiger partial charge in [-0.3, -0.25) is 4.90 Å². The summed E-state index contributed by atoms with van der Waals surface area (Å²) in [6.45, 7) is 6.49. The van der Waals surface area contributed by atoms with Crippen LogP contribution in [-0.4, -0.2) is 27.3 Å². The Balaban J connectivity index is 1.43. The molecule has 0 amide bonds. The molecule has 3 nitrogen and oxygen atoms in total. The number of benzene rings is 2. The van der Waals surface area contributed by atoms with E-state index in [1.54, 1.807) is 5.56 Å². The molecule has 27 heavy (non-hydrogen) atoms. The van der Waals surface area contributed by atoms with Gasteiger partial charge in [-0.15, -0.1) is 0 Å². The minimum absolute atomic E-state index is 0.609. The number of aromatic nitrogens is 2. The van der Waals surface area contributed by atoms with Crippen molar-refractivity contribution < 1.29 is 0 Å². The maximum Gasteiger partial charge on any atom is 0.0835 e. The van der Waals surface area contributed by atoms with E-state index in [0.717, 1.165) is 30.2 Å². The van der Waals surface area contributed by atoms with Gasteiger partial charge in [0.2, 0.25) is 0 Å². The molecule has 0 bridgehead atoms. The van der Waals surface area contributed by atoms with E-state index in [0.29, 0.717) is 6.04 Å². The van der Waals surface area contributed by atoms with Crippen molar-refractivity contribution in [3.63, 3.8) is 0 Å². The molecule has 0 fully saturated rings. The molecule has 138 valence electrons. The molecule has 0 radical (unpaired) electrons. The van der Waals surface area contributed by atoms with E-state index < -0.39 is 0 Å². The Kier molecular flexibility index (Phi) is 4.10. The normalized spacial score (nSPS) is 19.1. The van der Waals surface area contributed by atoms with Crippen molar-refractivity contribution in [3.8, 4) is 5.69 Å². The fourth-order valence-electron chi connectivity index (χ4n) is 4.77. The predicted octanol–water partition coefficient (Wildman–Crippen LogP) is 4.67. The molecule has 5 rings (SSSR count). The van der Waals surface area contributed by atoms with Crippen molar-refractivity contribution in [3.05, 3.63) is 81.1 Å². The van der Waals surface area contributed by atoms with Crippen molar-refractivity contribution in [1.29, 1.82) is 0 Å². The van der Waals surface area contributed by atoms with Gasteiger partial charge in [0.25, 0.3) is 0 Å². The monoisotopic (exact) mass is 377 g/mol. The molecule has 1 aromatic heterocycles. The smallest absolute Gasteiger partial charge is 0.0835 e. The van der Waals surface area contributed by atoms with E-state index in [2.05, 4.69) is 36.9 Å². The first kappa shape index (κ1) is 17.0. The van der Waals surface area contributed by atoms with Gasteiger partial charge in [-0.05, 0) is 55.5 Å². The minimum atomic E-state index is 0.609. The Morgan fingerprint density at radius 1 is 1.00 bits per heavy atom. The standard InChI is InChI=1S/C23H24ClN3/c1-15-6-5-7-17-12-18(13-19(15)17)26-11-10-22-20(14-26)16(2)27(25-22)23-9-4-3-8-21(23)24/h3-9,18H,10-14H2,1-2H3. The second kappa shape index (κ2) is 6.50. The highest BCUT2D eigenvalue weighted by atomic mass is 35.5. The van der Waals surface area contributed by atoms with Crippen LogP contribution in [0.4, 0.5) is 0 Å². The number of fused-ring (bicyclic) bond motifs is 2. The van der Waals surface area contributed by atoms with E-state index in [1.165, 1.54) is 40.9 Å². The average molecular weight is 378 g/mol. The second-order valence-electron chi connectivity index (χ2n) is 7.87. The van der Waals surface area contributed by atoms with Gasteiger partial charge in [-0.25, -0.2) is 4.68 Å². The summed E-state index contributed by atoms with van der Waals surface area (Å²) in [5, 5.41) is 5.65. The number of para-hydroxylation sites is 1. The highest BCUT2D eigenvalue weighted by Crippen LogP contribution is 2.33. The van der Waals surface area contributed by atoms with E-state index in [-0.39, 0.29) is 0 Å². The topological polar surface area (TPSA) is 21.1 Å². The van der Waals surface area contributed by atoms with Crippen molar-refractivity contribution in [1.82, 2.24) is 14.7 Å². The Morgan fingerprint density at radius 3 is 2.67 bits per heavy atom. The van der Waals surface area contributed by atoms with E-state index >= 15 is 0 Å². The second-order valence-corrected chi connectivity index (χ2v) is 8.28. The fourth-order valence-corrected chi connectivity index (χ4v) is 4.98. The van der Waals surface area contributed by atoms with Crippen molar-refractivity contribution in [2.75, 3.05) is 6.54 Å². The van der Waals surface area contributed by atoms with Crippen LogP contribution in [-0.2, 0) is 25.8 Å². The lowest BCUT2D eigenvalue weighted by Crippen LogP contribution is -2.39. The van der Waals surface area contributed by atoms with Crippen molar-refractivity contribution >= 4 is 11.6 Å². The lowest BCUT2D eigenvalue weighted by Gasteiger charge is -2.32. The van der Waals surface area contributed by atoms with E-state index in [1.807, 2.05) is 28.9 Å². The first-order chi connectivity index (χ1) is 13.1. The molecule has 4 heteroatoms. The lowest BCUT2D eigenvalue weighted by molar-refractivity contribution is 0.183. The maximum atomic E-state index is 6.42. The number of rotatable bonds is 2. The zero-order chi connectivity index (χ0) is 18.5. The van der Waals surface area contributed by atoms with Crippen LogP contribution in [0.5, 0.6) is 0 Å². The Labute approximate surface area is 165 Å². The summed E-state index contributed by atoms with van der Waals surface area (Å²) in [5.41, 5.74) is 9.35. The van der Waals surface area contributed by atoms with Crippen LogP contribution in [0, 0.1) is 13.8 Å². The van der Waals surface area contributed by atoms with E-state index in [4.69, 9.17) is 16.7 Å². The maximum absolute atomic E-state index is 6.42. The van der Waals surface area contributed by atoms with Crippen LogP contribution < -0.4 is 0 Å². The number of halogens is 1. The predicted molar refractivity (Wildman–Crippen MR) is 110 cm³/mol. The number of nitrogens with zero attached hydrogens (tertiary/aromatic N) is 3. The summed E-state index contributed by atoms with van der Waals surface area (Å²) >= 11 is 6.42. The molecular formula is C23H24ClN3. The molecular weight excluding hydrogens is 354 g/mol. The van der Waals surface area contributed by atoms with Gasteiger partial charge in [0.05, 0.1) is 16.4 Å². The molecule has 2 aliphatic rings. The van der Waals surface area contributed by atoms with Gasteiger partial charge in [-0.1, -0.05) is 41.9 Å². The molecule has 2 heterocycles. The molecule has 1 aliphatic heterocycles. The summed E-state index contributed by atoms with van der Waals surface area (Å²) in [6, 6.07) is 15.3. The van der Waals surface area contributed by atoms with Crippen LogP contribution >= 0.6 is 11.6 Å². The van der Waals surface area contributed by atoms with Crippen LogP contribution in [0.15, 0.2) is 42.5 Å². The van der Waals surface area contributed by atoms with Gasteiger partial charge in [0, 0.05) is 36.8 Å². The molecule has 2 aromatic carbocycles. The summed E-state index contributed by atoms with van der Waals surface area (Å²) in [5.74, 6) is 0. The average Bonchev–Trinajstić information content (AvgIpc) is 3.25.